The van der Waals surface area contributed by atoms with E-state index in [1.54, 1.807) is 6.07 Å². The Bertz CT molecular complexity index is 383. The summed E-state index contributed by atoms with van der Waals surface area (Å²) < 4.78 is 18.3. The maximum atomic E-state index is 13.2. The second kappa shape index (κ2) is 3.99. The van der Waals surface area contributed by atoms with Crippen LogP contribution in [0.2, 0.25) is 5.02 Å². The van der Waals surface area contributed by atoms with Gasteiger partial charge in [-0.3, -0.25) is 0 Å². The number of ether oxygens (including phenoxy) is 1. The maximum absolute atomic E-state index is 13.2. The molecular weight excluding hydrogens is 217 g/mol. The fourth-order valence-electron chi connectivity index (χ4n) is 1.90. The van der Waals surface area contributed by atoms with Gasteiger partial charge in [-0.1, -0.05) is 11.6 Å². The predicted octanol–water partition coefficient (Wildman–Crippen LogP) is 2.55. The lowest BCUT2D eigenvalue weighted by Crippen LogP contribution is -2.02. The van der Waals surface area contributed by atoms with Crippen LogP contribution >= 0.6 is 11.6 Å². The van der Waals surface area contributed by atoms with Gasteiger partial charge in [-0.25, -0.2) is 4.39 Å². The van der Waals surface area contributed by atoms with Crippen LogP contribution in [0.1, 0.15) is 17.9 Å². The highest BCUT2D eigenvalue weighted by atomic mass is 35.5. The first-order chi connectivity index (χ1) is 7.17. The molecule has 15 heavy (non-hydrogen) atoms. The van der Waals surface area contributed by atoms with Crippen LogP contribution in [0.15, 0.2) is 12.1 Å². The van der Waals surface area contributed by atoms with Crippen molar-refractivity contribution in [1.29, 1.82) is 0 Å². The molecule has 2 atom stereocenters. The molecule has 0 amide bonds. The number of methoxy groups -OCH3 is 1. The molecule has 0 bridgehead atoms. The highest BCUT2D eigenvalue weighted by molar-refractivity contribution is 6.30. The molecule has 2 nitrogen and oxygen atoms in total. The third kappa shape index (κ3) is 1.94. The molecule has 1 saturated carbocycles. The summed E-state index contributed by atoms with van der Waals surface area (Å²) in [6.45, 7) is 0.656. The van der Waals surface area contributed by atoms with Gasteiger partial charge < -0.3 is 10.5 Å². The van der Waals surface area contributed by atoms with Crippen molar-refractivity contribution in [3.63, 3.8) is 0 Å². The van der Waals surface area contributed by atoms with Crippen LogP contribution in [0.5, 0.6) is 5.75 Å². The summed E-state index contributed by atoms with van der Waals surface area (Å²) in [5, 5.41) is 0.147. The molecule has 1 aromatic carbocycles. The molecule has 0 radical (unpaired) electrons. The second-order valence-electron chi connectivity index (χ2n) is 3.85. The Kier molecular flexibility index (Phi) is 2.85. The topological polar surface area (TPSA) is 35.2 Å². The first-order valence-corrected chi connectivity index (χ1v) is 5.28. The zero-order valence-electron chi connectivity index (χ0n) is 8.47. The predicted molar refractivity (Wildman–Crippen MR) is 57.9 cm³/mol. The minimum atomic E-state index is -0.442. The van der Waals surface area contributed by atoms with Crippen molar-refractivity contribution >= 4 is 11.6 Å². The zero-order chi connectivity index (χ0) is 11.0. The Labute approximate surface area is 93.2 Å². The van der Waals surface area contributed by atoms with Gasteiger partial charge in [0.15, 0.2) is 0 Å². The summed E-state index contributed by atoms with van der Waals surface area (Å²) in [5.41, 5.74) is 6.54. The van der Waals surface area contributed by atoms with Gasteiger partial charge in [0.2, 0.25) is 0 Å². The Morgan fingerprint density at radius 1 is 1.60 bits per heavy atom. The first-order valence-electron chi connectivity index (χ1n) is 4.90. The van der Waals surface area contributed by atoms with Crippen molar-refractivity contribution < 1.29 is 9.13 Å². The standard InChI is InChI=1S/C11H13ClFNO/c1-15-11-4-10(13)9(12)3-8(11)7-2-6(7)5-14/h3-4,6-7H,2,5,14H2,1H3/t6-,7+/m0/s1. The monoisotopic (exact) mass is 229 g/mol. The van der Waals surface area contributed by atoms with Crippen molar-refractivity contribution in [1.82, 2.24) is 0 Å². The number of halogens is 2. The van der Waals surface area contributed by atoms with E-state index in [1.807, 2.05) is 0 Å². The molecule has 1 aromatic rings. The Balaban J connectivity index is 2.34. The lowest BCUT2D eigenvalue weighted by Gasteiger charge is -2.09. The quantitative estimate of drug-likeness (QED) is 0.865. The zero-order valence-corrected chi connectivity index (χ0v) is 9.22. The summed E-state index contributed by atoms with van der Waals surface area (Å²) >= 11 is 5.74. The SMILES string of the molecule is COc1cc(F)c(Cl)cc1[C@@H]1C[C@H]1CN. The Hall–Kier alpha value is -0.800. The van der Waals surface area contributed by atoms with Gasteiger partial charge >= 0.3 is 0 Å². The molecular formula is C11H13ClFNO. The highest BCUT2D eigenvalue weighted by Crippen LogP contribution is 2.50. The minimum Gasteiger partial charge on any atom is -0.496 e. The molecule has 0 heterocycles. The van der Waals surface area contributed by atoms with E-state index in [2.05, 4.69) is 0 Å². The summed E-state index contributed by atoms with van der Waals surface area (Å²) in [6.07, 6.45) is 1.04. The maximum Gasteiger partial charge on any atom is 0.145 e. The summed E-state index contributed by atoms with van der Waals surface area (Å²) in [4.78, 5) is 0. The van der Waals surface area contributed by atoms with Gasteiger partial charge in [0.05, 0.1) is 12.1 Å². The van der Waals surface area contributed by atoms with Gasteiger partial charge in [0.25, 0.3) is 0 Å². The van der Waals surface area contributed by atoms with E-state index in [1.165, 1.54) is 13.2 Å². The van der Waals surface area contributed by atoms with Crippen molar-refractivity contribution in [3.8, 4) is 5.75 Å². The van der Waals surface area contributed by atoms with E-state index in [9.17, 15) is 4.39 Å². The van der Waals surface area contributed by atoms with Crippen LogP contribution in [-0.2, 0) is 0 Å². The van der Waals surface area contributed by atoms with Crippen molar-refractivity contribution in [2.45, 2.75) is 12.3 Å². The normalized spacial score (nSPS) is 24.0. The van der Waals surface area contributed by atoms with Crippen LogP contribution in [0.25, 0.3) is 0 Å². The fourth-order valence-corrected chi connectivity index (χ4v) is 2.07. The van der Waals surface area contributed by atoms with Crippen molar-refractivity contribution in [2.75, 3.05) is 13.7 Å². The lowest BCUT2D eigenvalue weighted by atomic mass is 10.1. The average Bonchev–Trinajstić information content (AvgIpc) is 3.00. The number of rotatable bonds is 3. The largest absolute Gasteiger partial charge is 0.496 e. The van der Waals surface area contributed by atoms with Gasteiger partial charge in [0.1, 0.15) is 11.6 Å². The van der Waals surface area contributed by atoms with Crippen molar-refractivity contribution in [3.05, 3.63) is 28.5 Å². The first kappa shape index (κ1) is 10.7. The van der Waals surface area contributed by atoms with Crippen LogP contribution < -0.4 is 10.5 Å². The summed E-state index contributed by atoms with van der Waals surface area (Å²) in [6, 6.07) is 2.99. The molecule has 4 heteroatoms. The smallest absolute Gasteiger partial charge is 0.145 e. The molecule has 0 unspecified atom stereocenters. The second-order valence-corrected chi connectivity index (χ2v) is 4.25. The molecule has 1 aliphatic carbocycles. The molecule has 0 spiro atoms. The summed E-state index contributed by atoms with van der Waals surface area (Å²) in [7, 11) is 1.53. The van der Waals surface area contributed by atoms with E-state index < -0.39 is 5.82 Å². The highest BCUT2D eigenvalue weighted by Gasteiger charge is 2.39. The average molecular weight is 230 g/mol. The molecule has 1 aliphatic rings. The van der Waals surface area contributed by atoms with Crippen LogP contribution in [0.3, 0.4) is 0 Å². The van der Waals surface area contributed by atoms with Gasteiger partial charge in [-0.2, -0.15) is 0 Å². The third-order valence-electron chi connectivity index (χ3n) is 2.90. The molecule has 82 valence electrons. The molecule has 0 aromatic heterocycles. The molecule has 1 fully saturated rings. The van der Waals surface area contributed by atoms with Gasteiger partial charge in [0, 0.05) is 6.07 Å². The Morgan fingerprint density at radius 2 is 2.33 bits per heavy atom. The van der Waals surface area contributed by atoms with Crippen molar-refractivity contribution in [2.24, 2.45) is 11.7 Å². The third-order valence-corrected chi connectivity index (χ3v) is 3.19. The number of nitrogens with two attached hydrogens (primary N) is 1. The van der Waals surface area contributed by atoms with E-state index in [0.29, 0.717) is 24.1 Å². The van der Waals surface area contributed by atoms with Crippen LogP contribution in [0, 0.1) is 11.7 Å². The molecule has 0 aliphatic heterocycles. The van der Waals surface area contributed by atoms with E-state index >= 15 is 0 Å². The van der Waals surface area contributed by atoms with Crippen LogP contribution in [-0.4, -0.2) is 13.7 Å². The molecule has 2 rings (SSSR count). The van der Waals surface area contributed by atoms with E-state index in [4.69, 9.17) is 22.1 Å². The molecule has 0 saturated heterocycles. The number of hydrogen-bond donors (Lipinski definition) is 1. The number of hydrogen-bond acceptors (Lipinski definition) is 2. The summed E-state index contributed by atoms with van der Waals surface area (Å²) in [5.74, 6) is 0.989. The van der Waals surface area contributed by atoms with Crippen LogP contribution in [0.4, 0.5) is 4.39 Å². The lowest BCUT2D eigenvalue weighted by molar-refractivity contribution is 0.405. The van der Waals surface area contributed by atoms with E-state index in [0.717, 1.165) is 12.0 Å². The Morgan fingerprint density at radius 3 is 2.87 bits per heavy atom. The van der Waals surface area contributed by atoms with Gasteiger partial charge in [-0.15, -0.1) is 0 Å². The van der Waals surface area contributed by atoms with Gasteiger partial charge in [-0.05, 0) is 36.4 Å². The number of benzene rings is 1. The fraction of sp³-hybridized carbons (Fsp3) is 0.455. The molecule has 2 N–H and O–H groups in total. The van der Waals surface area contributed by atoms with E-state index in [-0.39, 0.29) is 5.02 Å². The minimum absolute atomic E-state index is 0.147.